The molecule has 19 heavy (non-hydrogen) atoms. The Kier molecular flexibility index (Phi) is 4.18. The minimum atomic E-state index is 0.620. The Morgan fingerprint density at radius 3 is 2.11 bits per heavy atom. The molecule has 104 valence electrons. The predicted octanol–water partition coefficient (Wildman–Crippen LogP) is 5.71. The van der Waals surface area contributed by atoms with Crippen LogP contribution in [0.4, 0.5) is 0 Å². The lowest BCUT2D eigenvalue weighted by Crippen LogP contribution is -2.22. The Bertz CT molecular complexity index is 468. The highest BCUT2D eigenvalue weighted by Gasteiger charge is 2.29. The Morgan fingerprint density at radius 2 is 1.58 bits per heavy atom. The molecule has 0 fully saturated rings. The molecule has 0 spiro atoms. The summed E-state index contributed by atoms with van der Waals surface area (Å²) in [6.07, 6.45) is 5.17. The van der Waals surface area contributed by atoms with Crippen molar-refractivity contribution in [1.29, 1.82) is 0 Å². The van der Waals surface area contributed by atoms with E-state index in [1.165, 1.54) is 29.5 Å². The zero-order valence-electron chi connectivity index (χ0n) is 13.4. The fraction of sp³-hybridized carbons (Fsp3) is 0.579. The van der Waals surface area contributed by atoms with Crippen LogP contribution in [0.5, 0.6) is 0 Å². The molecule has 0 heterocycles. The lowest BCUT2D eigenvalue weighted by Gasteiger charge is -2.35. The maximum absolute atomic E-state index is 2.54. The van der Waals surface area contributed by atoms with Crippen molar-refractivity contribution < 1.29 is 0 Å². The summed E-state index contributed by atoms with van der Waals surface area (Å²) in [5.41, 5.74) is 7.49. The van der Waals surface area contributed by atoms with Gasteiger partial charge in [0.15, 0.2) is 0 Å². The van der Waals surface area contributed by atoms with E-state index in [9.17, 15) is 0 Å². The Morgan fingerprint density at radius 1 is 1.00 bits per heavy atom. The third kappa shape index (κ3) is 2.94. The molecular formula is C19H28. The third-order valence-corrected chi connectivity index (χ3v) is 4.73. The van der Waals surface area contributed by atoms with Gasteiger partial charge in [0, 0.05) is 5.92 Å². The first-order chi connectivity index (χ1) is 8.90. The van der Waals surface area contributed by atoms with E-state index in [-0.39, 0.29) is 0 Å². The van der Waals surface area contributed by atoms with Gasteiger partial charge < -0.3 is 0 Å². The number of allylic oxidation sites excluding steroid dienone is 2. The van der Waals surface area contributed by atoms with Crippen LogP contribution in [0.25, 0.3) is 0 Å². The van der Waals surface area contributed by atoms with Crippen molar-refractivity contribution in [2.24, 2.45) is 11.8 Å². The smallest absolute Gasteiger partial charge is 0.00566 e. The van der Waals surface area contributed by atoms with Crippen molar-refractivity contribution in [3.8, 4) is 0 Å². The highest BCUT2D eigenvalue weighted by molar-refractivity contribution is 5.43. The van der Waals surface area contributed by atoms with E-state index in [0.717, 1.165) is 11.8 Å². The first-order valence-electron chi connectivity index (χ1n) is 7.65. The van der Waals surface area contributed by atoms with Crippen molar-refractivity contribution in [2.45, 2.75) is 60.3 Å². The van der Waals surface area contributed by atoms with Crippen LogP contribution >= 0.6 is 0 Å². The molecule has 1 aromatic carbocycles. The first kappa shape index (κ1) is 14.4. The zero-order chi connectivity index (χ0) is 14.2. The number of aryl methyl sites for hydroxylation is 3. The van der Waals surface area contributed by atoms with Crippen molar-refractivity contribution in [2.75, 3.05) is 0 Å². The molecule has 0 saturated heterocycles. The molecule has 0 heteroatoms. The molecule has 1 aromatic rings. The second-order valence-corrected chi connectivity index (χ2v) is 6.80. The maximum atomic E-state index is 2.54. The van der Waals surface area contributed by atoms with Crippen LogP contribution < -0.4 is 0 Å². The van der Waals surface area contributed by atoms with Gasteiger partial charge in [0.05, 0.1) is 0 Å². The Hall–Kier alpha value is -1.04. The summed E-state index contributed by atoms with van der Waals surface area (Å²) in [4.78, 5) is 0. The molecule has 2 atom stereocenters. The van der Waals surface area contributed by atoms with Crippen molar-refractivity contribution in [1.82, 2.24) is 0 Å². The summed E-state index contributed by atoms with van der Waals surface area (Å²) >= 11 is 0. The molecule has 0 saturated carbocycles. The van der Waals surface area contributed by atoms with Gasteiger partial charge in [-0.1, -0.05) is 43.2 Å². The largest absolute Gasteiger partial charge is 0.0778 e. The van der Waals surface area contributed by atoms with E-state index in [1.54, 1.807) is 11.1 Å². The summed E-state index contributed by atoms with van der Waals surface area (Å²) in [6.45, 7) is 13.8. The Balaban J connectivity index is 2.51. The highest BCUT2D eigenvalue weighted by atomic mass is 14.3. The number of rotatable bonds is 2. The van der Waals surface area contributed by atoms with Gasteiger partial charge in [-0.05, 0) is 69.1 Å². The lowest BCUT2D eigenvalue weighted by molar-refractivity contribution is 0.314. The molecule has 0 aromatic heterocycles. The average Bonchev–Trinajstić information content (AvgIpc) is 2.27. The van der Waals surface area contributed by atoms with Crippen LogP contribution in [-0.4, -0.2) is 0 Å². The van der Waals surface area contributed by atoms with E-state index < -0.39 is 0 Å². The van der Waals surface area contributed by atoms with Crippen molar-refractivity contribution >= 4 is 0 Å². The molecule has 0 nitrogen and oxygen atoms in total. The molecule has 2 unspecified atom stereocenters. The van der Waals surface area contributed by atoms with Gasteiger partial charge in [-0.15, -0.1) is 0 Å². The zero-order valence-corrected chi connectivity index (χ0v) is 13.4. The lowest BCUT2D eigenvalue weighted by atomic mass is 9.70. The highest BCUT2D eigenvalue weighted by Crippen LogP contribution is 2.42. The van der Waals surface area contributed by atoms with Crippen LogP contribution in [0, 0.1) is 32.6 Å². The van der Waals surface area contributed by atoms with Gasteiger partial charge in [-0.25, -0.2) is 0 Å². The van der Waals surface area contributed by atoms with Gasteiger partial charge >= 0.3 is 0 Å². The average molecular weight is 256 g/mol. The number of hydrogen-bond donors (Lipinski definition) is 0. The first-order valence-corrected chi connectivity index (χ1v) is 7.65. The second kappa shape index (κ2) is 5.53. The fourth-order valence-corrected chi connectivity index (χ4v) is 3.85. The quantitative estimate of drug-likeness (QED) is 0.595. The summed E-state index contributed by atoms with van der Waals surface area (Å²) < 4.78 is 0. The molecular weight excluding hydrogens is 228 g/mol. The molecule has 1 aliphatic carbocycles. The van der Waals surface area contributed by atoms with E-state index >= 15 is 0 Å². The standard InChI is InChI=1S/C19H28/c1-12(2)17-8-7-13(3)11-18(17)19-15(5)9-14(4)10-16(19)6/h9-12,17-18H,7-8H2,1-6H3. The monoisotopic (exact) mass is 256 g/mol. The van der Waals surface area contributed by atoms with E-state index in [4.69, 9.17) is 0 Å². The van der Waals surface area contributed by atoms with Crippen LogP contribution in [-0.2, 0) is 0 Å². The molecule has 0 radical (unpaired) electrons. The van der Waals surface area contributed by atoms with Crippen LogP contribution in [0.3, 0.4) is 0 Å². The number of hydrogen-bond acceptors (Lipinski definition) is 0. The SMILES string of the molecule is CC1=CC(c2c(C)cc(C)cc2C)C(C(C)C)CC1. The molecule has 0 N–H and O–H groups in total. The van der Waals surface area contributed by atoms with Crippen LogP contribution in [0.2, 0.25) is 0 Å². The third-order valence-electron chi connectivity index (χ3n) is 4.73. The molecule has 1 aliphatic rings. The number of benzene rings is 1. The molecule has 2 rings (SSSR count). The van der Waals surface area contributed by atoms with Crippen molar-refractivity contribution in [3.05, 3.63) is 46.0 Å². The van der Waals surface area contributed by atoms with Crippen LogP contribution in [0.15, 0.2) is 23.8 Å². The maximum Gasteiger partial charge on any atom is 0.00566 e. The molecule has 0 bridgehead atoms. The van der Waals surface area contributed by atoms with Gasteiger partial charge in [0.25, 0.3) is 0 Å². The predicted molar refractivity (Wildman–Crippen MR) is 84.7 cm³/mol. The minimum Gasteiger partial charge on any atom is -0.0778 e. The normalized spacial score (nSPS) is 23.6. The Labute approximate surface area is 118 Å². The van der Waals surface area contributed by atoms with Crippen molar-refractivity contribution in [3.63, 3.8) is 0 Å². The molecule has 0 amide bonds. The molecule has 0 aliphatic heterocycles. The van der Waals surface area contributed by atoms with Gasteiger partial charge in [0.1, 0.15) is 0 Å². The summed E-state index contributed by atoms with van der Waals surface area (Å²) in [5.74, 6) is 2.17. The topological polar surface area (TPSA) is 0 Å². The summed E-state index contributed by atoms with van der Waals surface area (Å²) in [7, 11) is 0. The van der Waals surface area contributed by atoms with Crippen LogP contribution in [0.1, 0.15) is 61.8 Å². The fourth-order valence-electron chi connectivity index (χ4n) is 3.85. The minimum absolute atomic E-state index is 0.620. The van der Waals surface area contributed by atoms with E-state index in [2.05, 4.69) is 59.8 Å². The van der Waals surface area contributed by atoms with E-state index in [0.29, 0.717) is 5.92 Å². The second-order valence-electron chi connectivity index (χ2n) is 6.80. The van der Waals surface area contributed by atoms with Gasteiger partial charge in [-0.2, -0.15) is 0 Å². The summed E-state index contributed by atoms with van der Waals surface area (Å²) in [5, 5.41) is 0. The summed E-state index contributed by atoms with van der Waals surface area (Å²) in [6, 6.07) is 4.69. The van der Waals surface area contributed by atoms with Gasteiger partial charge in [-0.3, -0.25) is 0 Å². The van der Waals surface area contributed by atoms with E-state index in [1.807, 2.05) is 0 Å². The van der Waals surface area contributed by atoms with Gasteiger partial charge in [0.2, 0.25) is 0 Å².